The topological polar surface area (TPSA) is 15.3 Å². The van der Waals surface area contributed by atoms with Crippen molar-refractivity contribution in [2.75, 3.05) is 19.6 Å². The van der Waals surface area contributed by atoms with E-state index >= 15 is 0 Å². The Hall–Kier alpha value is -0.0800. The van der Waals surface area contributed by atoms with Gasteiger partial charge in [-0.05, 0) is 25.3 Å². The lowest BCUT2D eigenvalue weighted by molar-refractivity contribution is 0.210. The molecule has 80 valence electrons. The fourth-order valence-electron chi connectivity index (χ4n) is 3.57. The number of fused-ring (bicyclic) bond motifs is 2. The summed E-state index contributed by atoms with van der Waals surface area (Å²) in [6.45, 7) is 3.97. The van der Waals surface area contributed by atoms with Crippen molar-refractivity contribution in [3.63, 3.8) is 0 Å². The Balaban J connectivity index is 1.44. The minimum absolute atomic E-state index is 0.837. The summed E-state index contributed by atoms with van der Waals surface area (Å²) >= 11 is 0. The molecule has 0 aromatic rings. The number of hydrogen-bond donors (Lipinski definition) is 1. The first-order valence-electron chi connectivity index (χ1n) is 6.39. The molecule has 1 saturated carbocycles. The summed E-state index contributed by atoms with van der Waals surface area (Å²) < 4.78 is 0. The van der Waals surface area contributed by atoms with Crippen LogP contribution >= 0.6 is 0 Å². The Morgan fingerprint density at radius 2 is 2.07 bits per heavy atom. The van der Waals surface area contributed by atoms with Crippen molar-refractivity contribution in [3.8, 4) is 0 Å². The van der Waals surface area contributed by atoms with Crippen LogP contribution in [0, 0.1) is 5.92 Å². The molecule has 3 rings (SSSR count). The quantitative estimate of drug-likeness (QED) is 0.734. The minimum Gasteiger partial charge on any atom is -0.311 e. The van der Waals surface area contributed by atoms with Crippen molar-refractivity contribution in [2.45, 2.75) is 50.6 Å². The highest BCUT2D eigenvalue weighted by Crippen LogP contribution is 2.29. The molecule has 1 aliphatic carbocycles. The lowest BCUT2D eigenvalue weighted by Crippen LogP contribution is -2.44. The summed E-state index contributed by atoms with van der Waals surface area (Å²) in [6.07, 6.45) is 8.92. The third-order valence-corrected chi connectivity index (χ3v) is 4.47. The van der Waals surface area contributed by atoms with E-state index in [1.807, 2.05) is 0 Å². The Bertz CT molecular complexity index is 198. The fourth-order valence-corrected chi connectivity index (χ4v) is 3.57. The van der Waals surface area contributed by atoms with E-state index in [0.717, 1.165) is 18.0 Å². The Labute approximate surface area is 87.0 Å². The van der Waals surface area contributed by atoms with E-state index in [4.69, 9.17) is 0 Å². The van der Waals surface area contributed by atoms with Crippen molar-refractivity contribution < 1.29 is 0 Å². The number of nitrogens with one attached hydrogen (secondary N) is 1. The Kier molecular flexibility index (Phi) is 2.50. The van der Waals surface area contributed by atoms with E-state index in [-0.39, 0.29) is 0 Å². The molecule has 2 heterocycles. The molecule has 0 radical (unpaired) electrons. The molecule has 3 fully saturated rings. The minimum atomic E-state index is 0.837. The van der Waals surface area contributed by atoms with Gasteiger partial charge >= 0.3 is 0 Å². The number of hydrogen-bond acceptors (Lipinski definition) is 2. The summed E-state index contributed by atoms with van der Waals surface area (Å²) in [5, 5.41) is 3.57. The number of rotatable bonds is 3. The molecular formula is C12H22N2. The van der Waals surface area contributed by atoms with Crippen LogP contribution in [0.1, 0.15) is 38.5 Å². The zero-order valence-electron chi connectivity index (χ0n) is 9.04. The molecule has 0 aromatic carbocycles. The monoisotopic (exact) mass is 194 g/mol. The normalized spacial score (nSPS) is 38.6. The molecule has 2 atom stereocenters. The second-order valence-corrected chi connectivity index (χ2v) is 5.43. The SMILES string of the molecule is C1CCC(CCN2CC3CC2CN3)C1. The van der Waals surface area contributed by atoms with Crippen LogP contribution in [0.2, 0.25) is 0 Å². The number of nitrogens with zero attached hydrogens (tertiary/aromatic N) is 1. The first-order valence-corrected chi connectivity index (χ1v) is 6.39. The van der Waals surface area contributed by atoms with Crippen LogP contribution in [0.25, 0.3) is 0 Å². The Morgan fingerprint density at radius 3 is 2.71 bits per heavy atom. The van der Waals surface area contributed by atoms with Gasteiger partial charge in [0.05, 0.1) is 0 Å². The molecule has 2 saturated heterocycles. The highest BCUT2D eigenvalue weighted by Gasteiger charge is 2.37. The van der Waals surface area contributed by atoms with Crippen molar-refractivity contribution in [2.24, 2.45) is 5.92 Å². The van der Waals surface area contributed by atoms with Crippen LogP contribution in [0.4, 0.5) is 0 Å². The third kappa shape index (κ3) is 1.70. The summed E-state index contributed by atoms with van der Waals surface area (Å²) in [5.41, 5.74) is 0. The maximum Gasteiger partial charge on any atom is 0.0236 e. The van der Waals surface area contributed by atoms with E-state index in [1.165, 1.54) is 58.2 Å². The molecular weight excluding hydrogens is 172 g/mol. The van der Waals surface area contributed by atoms with Gasteiger partial charge in [-0.1, -0.05) is 25.7 Å². The lowest BCUT2D eigenvalue weighted by atomic mass is 10.0. The van der Waals surface area contributed by atoms with Crippen LogP contribution in [-0.2, 0) is 0 Å². The molecule has 0 amide bonds. The number of piperazine rings is 1. The maximum atomic E-state index is 3.57. The van der Waals surface area contributed by atoms with Gasteiger partial charge in [0.2, 0.25) is 0 Å². The van der Waals surface area contributed by atoms with Crippen LogP contribution in [0.5, 0.6) is 0 Å². The van der Waals surface area contributed by atoms with E-state index < -0.39 is 0 Å². The average Bonchev–Trinajstić information content (AvgIpc) is 2.91. The number of likely N-dealkylation sites (tertiary alicyclic amines) is 1. The molecule has 0 spiro atoms. The summed E-state index contributed by atoms with van der Waals surface area (Å²) in [4.78, 5) is 2.74. The van der Waals surface area contributed by atoms with Crippen molar-refractivity contribution in [3.05, 3.63) is 0 Å². The van der Waals surface area contributed by atoms with Crippen LogP contribution in [-0.4, -0.2) is 36.6 Å². The Morgan fingerprint density at radius 1 is 1.21 bits per heavy atom. The van der Waals surface area contributed by atoms with Crippen LogP contribution in [0.15, 0.2) is 0 Å². The summed E-state index contributed by atoms with van der Waals surface area (Å²) in [7, 11) is 0. The van der Waals surface area contributed by atoms with Gasteiger partial charge in [0, 0.05) is 25.2 Å². The van der Waals surface area contributed by atoms with Crippen molar-refractivity contribution in [1.29, 1.82) is 0 Å². The van der Waals surface area contributed by atoms with Gasteiger partial charge in [-0.3, -0.25) is 4.90 Å². The first kappa shape index (κ1) is 9.17. The van der Waals surface area contributed by atoms with Gasteiger partial charge in [-0.15, -0.1) is 0 Å². The average molecular weight is 194 g/mol. The van der Waals surface area contributed by atoms with Crippen molar-refractivity contribution in [1.82, 2.24) is 10.2 Å². The molecule has 2 bridgehead atoms. The van der Waals surface area contributed by atoms with Gasteiger partial charge in [0.15, 0.2) is 0 Å². The maximum absolute atomic E-state index is 3.57. The highest BCUT2D eigenvalue weighted by molar-refractivity contribution is 4.97. The second-order valence-electron chi connectivity index (χ2n) is 5.43. The first-order chi connectivity index (χ1) is 6.92. The highest BCUT2D eigenvalue weighted by atomic mass is 15.3. The standard InChI is InChI=1S/C12H22N2/c1-2-4-10(3-1)5-6-14-9-11-7-12(14)8-13-11/h10-13H,1-9H2. The largest absolute Gasteiger partial charge is 0.311 e. The molecule has 2 aliphatic heterocycles. The zero-order chi connectivity index (χ0) is 9.38. The molecule has 2 unspecified atom stereocenters. The molecule has 1 N–H and O–H groups in total. The molecule has 2 heteroatoms. The zero-order valence-corrected chi connectivity index (χ0v) is 9.04. The summed E-state index contributed by atoms with van der Waals surface area (Å²) in [6, 6.07) is 1.73. The fraction of sp³-hybridized carbons (Fsp3) is 1.00. The smallest absolute Gasteiger partial charge is 0.0236 e. The molecule has 3 aliphatic rings. The molecule has 2 nitrogen and oxygen atoms in total. The predicted octanol–water partition coefficient (Wildman–Crippen LogP) is 1.61. The third-order valence-electron chi connectivity index (χ3n) is 4.47. The van der Waals surface area contributed by atoms with E-state index in [1.54, 1.807) is 0 Å². The van der Waals surface area contributed by atoms with E-state index in [9.17, 15) is 0 Å². The second kappa shape index (κ2) is 3.82. The van der Waals surface area contributed by atoms with Gasteiger partial charge in [-0.25, -0.2) is 0 Å². The van der Waals surface area contributed by atoms with Crippen molar-refractivity contribution >= 4 is 0 Å². The van der Waals surface area contributed by atoms with Gasteiger partial charge in [-0.2, -0.15) is 0 Å². The van der Waals surface area contributed by atoms with E-state index in [0.29, 0.717) is 0 Å². The van der Waals surface area contributed by atoms with Crippen LogP contribution < -0.4 is 5.32 Å². The lowest BCUT2D eigenvalue weighted by Gasteiger charge is -2.28. The van der Waals surface area contributed by atoms with E-state index in [2.05, 4.69) is 10.2 Å². The van der Waals surface area contributed by atoms with Gasteiger partial charge < -0.3 is 5.32 Å². The predicted molar refractivity (Wildman–Crippen MR) is 58.3 cm³/mol. The van der Waals surface area contributed by atoms with Gasteiger partial charge in [0.25, 0.3) is 0 Å². The summed E-state index contributed by atoms with van der Waals surface area (Å²) in [5.74, 6) is 1.07. The molecule has 0 aromatic heterocycles. The van der Waals surface area contributed by atoms with Gasteiger partial charge in [0.1, 0.15) is 0 Å². The molecule has 14 heavy (non-hydrogen) atoms. The van der Waals surface area contributed by atoms with Crippen LogP contribution in [0.3, 0.4) is 0 Å².